The Bertz CT molecular complexity index is 353. The zero-order valence-electron chi connectivity index (χ0n) is 8.03. The first-order valence-corrected chi connectivity index (χ1v) is 5.66. The molecular weight excluding hydrogens is 214 g/mol. The Labute approximate surface area is 90.9 Å². The largest absolute Gasteiger partial charge is 0.354 e. The van der Waals surface area contributed by atoms with E-state index in [-0.39, 0.29) is 17.9 Å². The molecule has 2 amide bonds. The lowest BCUT2D eigenvalue weighted by molar-refractivity contribution is -0.122. The Balaban J connectivity index is 1.87. The highest BCUT2D eigenvalue weighted by atomic mass is 32.1. The van der Waals surface area contributed by atoms with Crippen LogP contribution in [0.2, 0.25) is 0 Å². The van der Waals surface area contributed by atoms with Crippen molar-refractivity contribution in [1.29, 1.82) is 0 Å². The number of aromatic nitrogens is 1. The first kappa shape index (κ1) is 10.1. The van der Waals surface area contributed by atoms with Gasteiger partial charge in [0.15, 0.2) is 0 Å². The molecule has 1 atom stereocenters. The van der Waals surface area contributed by atoms with Crippen LogP contribution >= 0.6 is 11.3 Å². The van der Waals surface area contributed by atoms with E-state index in [1.54, 1.807) is 10.9 Å². The Morgan fingerprint density at radius 1 is 1.67 bits per heavy atom. The molecule has 2 rings (SSSR count). The molecule has 2 N–H and O–H groups in total. The maximum Gasteiger partial charge on any atom is 0.271 e. The van der Waals surface area contributed by atoms with E-state index >= 15 is 0 Å². The van der Waals surface area contributed by atoms with Crippen molar-refractivity contribution in [2.45, 2.75) is 18.9 Å². The molecule has 1 aliphatic heterocycles. The number of hydrogen-bond acceptors (Lipinski definition) is 4. The molecule has 0 bridgehead atoms. The zero-order valence-corrected chi connectivity index (χ0v) is 8.84. The molecule has 1 fully saturated rings. The molecule has 80 valence electrons. The van der Waals surface area contributed by atoms with E-state index in [2.05, 4.69) is 15.6 Å². The van der Waals surface area contributed by atoms with Crippen molar-refractivity contribution in [3.8, 4) is 0 Å². The predicted octanol–water partition coefficient (Wildman–Crippen LogP) is 0.152. The Morgan fingerprint density at radius 3 is 3.13 bits per heavy atom. The number of hydrogen-bond donors (Lipinski definition) is 2. The molecule has 0 radical (unpaired) electrons. The fourth-order valence-electron chi connectivity index (χ4n) is 1.44. The van der Waals surface area contributed by atoms with Gasteiger partial charge in [-0.25, -0.2) is 4.98 Å². The minimum Gasteiger partial charge on any atom is -0.354 e. The highest BCUT2D eigenvalue weighted by Crippen LogP contribution is 2.05. The lowest BCUT2D eigenvalue weighted by Crippen LogP contribution is -2.47. The van der Waals surface area contributed by atoms with Gasteiger partial charge in [0.2, 0.25) is 5.91 Å². The second-order valence-electron chi connectivity index (χ2n) is 3.39. The molecule has 0 aromatic carbocycles. The quantitative estimate of drug-likeness (QED) is 0.752. The summed E-state index contributed by atoms with van der Waals surface area (Å²) in [5.74, 6) is -0.119. The summed E-state index contributed by atoms with van der Waals surface area (Å²) >= 11 is 1.39. The lowest BCUT2D eigenvalue weighted by atomic mass is 10.1. The summed E-state index contributed by atoms with van der Waals surface area (Å²) in [6.07, 6.45) is 1.17. The molecule has 0 unspecified atom stereocenters. The van der Waals surface area contributed by atoms with E-state index in [9.17, 15) is 9.59 Å². The van der Waals surface area contributed by atoms with Gasteiger partial charge >= 0.3 is 0 Å². The standard InChI is InChI=1S/C9H11N3O2S/c13-8-2-1-6(3-10-8)12-9(14)7-4-15-5-11-7/h4-6H,1-3H2,(H,10,13)(H,12,14)/t6-/m0/s1. The maximum absolute atomic E-state index is 11.6. The van der Waals surface area contributed by atoms with Crippen LogP contribution in [0.4, 0.5) is 0 Å². The van der Waals surface area contributed by atoms with Gasteiger partial charge in [-0.2, -0.15) is 0 Å². The summed E-state index contributed by atoms with van der Waals surface area (Å²) in [5, 5.41) is 7.25. The predicted molar refractivity (Wildman–Crippen MR) is 55.6 cm³/mol. The van der Waals surface area contributed by atoms with Crippen LogP contribution in [-0.2, 0) is 4.79 Å². The molecular formula is C9H11N3O2S. The average molecular weight is 225 g/mol. The molecule has 6 heteroatoms. The second kappa shape index (κ2) is 4.39. The average Bonchev–Trinajstić information content (AvgIpc) is 2.74. The van der Waals surface area contributed by atoms with Gasteiger partial charge in [-0.15, -0.1) is 11.3 Å². The molecule has 15 heavy (non-hydrogen) atoms. The number of nitrogens with zero attached hydrogens (tertiary/aromatic N) is 1. The van der Waals surface area contributed by atoms with E-state index in [1.165, 1.54) is 11.3 Å². The highest BCUT2D eigenvalue weighted by Gasteiger charge is 2.20. The summed E-state index contributed by atoms with van der Waals surface area (Å²) in [5.41, 5.74) is 2.06. The summed E-state index contributed by atoms with van der Waals surface area (Å²) in [6, 6.07) is 0.0249. The van der Waals surface area contributed by atoms with Crippen LogP contribution in [0.3, 0.4) is 0 Å². The van der Waals surface area contributed by atoms with E-state index < -0.39 is 0 Å². The Kier molecular flexibility index (Phi) is 2.96. The number of thiazole rings is 1. The highest BCUT2D eigenvalue weighted by molar-refractivity contribution is 7.07. The first-order chi connectivity index (χ1) is 7.25. The molecule has 2 heterocycles. The van der Waals surface area contributed by atoms with Crippen LogP contribution < -0.4 is 10.6 Å². The smallest absolute Gasteiger partial charge is 0.271 e. The fraction of sp³-hybridized carbons (Fsp3) is 0.444. The molecule has 1 saturated heterocycles. The molecule has 0 aliphatic carbocycles. The third-order valence-electron chi connectivity index (χ3n) is 2.27. The van der Waals surface area contributed by atoms with Crippen molar-refractivity contribution < 1.29 is 9.59 Å². The fourth-order valence-corrected chi connectivity index (χ4v) is 1.97. The number of piperidine rings is 1. The van der Waals surface area contributed by atoms with Gasteiger partial charge in [-0.05, 0) is 6.42 Å². The normalized spacial score (nSPS) is 20.8. The van der Waals surface area contributed by atoms with Gasteiger partial charge in [0, 0.05) is 24.4 Å². The molecule has 1 aromatic rings. The van der Waals surface area contributed by atoms with Crippen molar-refractivity contribution in [3.05, 3.63) is 16.6 Å². The molecule has 0 saturated carbocycles. The van der Waals surface area contributed by atoms with Gasteiger partial charge in [0.25, 0.3) is 5.91 Å². The van der Waals surface area contributed by atoms with Crippen LogP contribution in [0, 0.1) is 0 Å². The Hall–Kier alpha value is -1.43. The van der Waals surface area contributed by atoms with Crippen LogP contribution in [0.25, 0.3) is 0 Å². The van der Waals surface area contributed by atoms with Gasteiger partial charge in [-0.1, -0.05) is 0 Å². The minimum absolute atomic E-state index is 0.0249. The van der Waals surface area contributed by atoms with E-state index in [0.29, 0.717) is 25.1 Å². The summed E-state index contributed by atoms with van der Waals surface area (Å²) in [7, 11) is 0. The molecule has 1 aliphatic rings. The van der Waals surface area contributed by atoms with Crippen LogP contribution in [-0.4, -0.2) is 29.4 Å². The van der Waals surface area contributed by atoms with Crippen molar-refractivity contribution in [2.75, 3.05) is 6.54 Å². The summed E-state index contributed by atoms with van der Waals surface area (Å²) in [6.45, 7) is 0.509. The van der Waals surface area contributed by atoms with Crippen LogP contribution in [0.5, 0.6) is 0 Å². The number of rotatable bonds is 2. The zero-order chi connectivity index (χ0) is 10.7. The lowest BCUT2D eigenvalue weighted by Gasteiger charge is -2.22. The minimum atomic E-state index is -0.169. The molecule has 5 nitrogen and oxygen atoms in total. The van der Waals surface area contributed by atoms with Crippen LogP contribution in [0.15, 0.2) is 10.9 Å². The maximum atomic E-state index is 11.6. The topological polar surface area (TPSA) is 71.1 Å². The Morgan fingerprint density at radius 2 is 2.53 bits per heavy atom. The van der Waals surface area contributed by atoms with E-state index in [1.807, 2.05) is 0 Å². The van der Waals surface area contributed by atoms with Crippen LogP contribution in [0.1, 0.15) is 23.3 Å². The van der Waals surface area contributed by atoms with Crippen molar-refractivity contribution in [1.82, 2.24) is 15.6 Å². The van der Waals surface area contributed by atoms with Gasteiger partial charge in [0.05, 0.1) is 5.51 Å². The number of nitrogens with one attached hydrogen (secondary N) is 2. The van der Waals surface area contributed by atoms with Gasteiger partial charge in [-0.3, -0.25) is 9.59 Å². The molecule has 1 aromatic heterocycles. The van der Waals surface area contributed by atoms with E-state index in [0.717, 1.165) is 0 Å². The summed E-state index contributed by atoms with van der Waals surface area (Å²) in [4.78, 5) is 26.4. The first-order valence-electron chi connectivity index (χ1n) is 4.71. The van der Waals surface area contributed by atoms with Gasteiger partial charge < -0.3 is 10.6 Å². The number of carbonyl (C=O) groups excluding carboxylic acids is 2. The third-order valence-corrected chi connectivity index (χ3v) is 2.85. The van der Waals surface area contributed by atoms with Gasteiger partial charge in [0.1, 0.15) is 5.69 Å². The monoisotopic (exact) mass is 225 g/mol. The van der Waals surface area contributed by atoms with Crippen molar-refractivity contribution in [3.63, 3.8) is 0 Å². The third kappa shape index (κ3) is 2.53. The SMILES string of the molecule is O=C1CC[C@H](NC(=O)c2cscn2)CN1. The van der Waals surface area contributed by atoms with Crippen molar-refractivity contribution in [2.24, 2.45) is 0 Å². The second-order valence-corrected chi connectivity index (χ2v) is 4.11. The number of amides is 2. The van der Waals surface area contributed by atoms with Crippen molar-refractivity contribution >= 4 is 23.2 Å². The molecule has 0 spiro atoms. The number of carbonyl (C=O) groups is 2. The summed E-state index contributed by atoms with van der Waals surface area (Å²) < 4.78 is 0. The van der Waals surface area contributed by atoms with E-state index in [4.69, 9.17) is 0 Å².